The van der Waals surface area contributed by atoms with E-state index in [1.54, 1.807) is 6.07 Å². The van der Waals surface area contributed by atoms with E-state index in [1.165, 1.54) is 29.2 Å². The Hall–Kier alpha value is -3.53. The fraction of sp³-hybridized carbons (Fsp3) is 0.261. The number of halogens is 2. The number of H-pyrrole nitrogens is 1. The number of carbonyl (C=O) groups is 1. The molecule has 152 valence electrons. The summed E-state index contributed by atoms with van der Waals surface area (Å²) in [6.07, 6.45) is 0. The average molecular weight is 406 g/mol. The standard InChI is InChI=1S/C23H20F2N4O/c1-13-8-14(2)19(9-18(13)21-15(3)27-20(10-26)28-21)22(30)29-11-23(25,12-29)16-4-6-17(24)7-5-16/h4-9H,11-12H2,1-3H3,(H,27,28). The van der Waals surface area contributed by atoms with Crippen LogP contribution >= 0.6 is 0 Å². The van der Waals surface area contributed by atoms with Gasteiger partial charge in [0.25, 0.3) is 5.91 Å². The van der Waals surface area contributed by atoms with Crippen LogP contribution in [0.4, 0.5) is 8.78 Å². The van der Waals surface area contributed by atoms with Gasteiger partial charge in [-0.25, -0.2) is 13.8 Å². The van der Waals surface area contributed by atoms with Crippen LogP contribution in [0.25, 0.3) is 11.3 Å². The van der Waals surface area contributed by atoms with E-state index < -0.39 is 11.5 Å². The molecule has 0 aliphatic carbocycles. The van der Waals surface area contributed by atoms with Crippen molar-refractivity contribution < 1.29 is 13.6 Å². The first-order valence-corrected chi connectivity index (χ1v) is 9.54. The number of rotatable bonds is 3. The second-order valence-corrected chi connectivity index (χ2v) is 7.79. The highest BCUT2D eigenvalue weighted by Gasteiger charge is 2.47. The van der Waals surface area contributed by atoms with Crippen molar-refractivity contribution in [2.45, 2.75) is 26.4 Å². The van der Waals surface area contributed by atoms with E-state index >= 15 is 4.39 Å². The number of aromatic amines is 1. The summed E-state index contributed by atoms with van der Waals surface area (Å²) < 4.78 is 28.3. The van der Waals surface area contributed by atoms with Gasteiger partial charge in [0.15, 0.2) is 5.67 Å². The monoisotopic (exact) mass is 406 g/mol. The normalized spacial score (nSPS) is 14.9. The van der Waals surface area contributed by atoms with Gasteiger partial charge in [-0.2, -0.15) is 5.26 Å². The first kappa shape index (κ1) is 19.8. The topological polar surface area (TPSA) is 72.8 Å². The van der Waals surface area contributed by atoms with E-state index in [9.17, 15) is 9.18 Å². The molecular weight excluding hydrogens is 386 g/mol. The Bertz CT molecular complexity index is 1190. The molecular formula is C23H20F2N4O. The summed E-state index contributed by atoms with van der Waals surface area (Å²) >= 11 is 0. The minimum Gasteiger partial charge on any atom is -0.333 e. The molecule has 1 fully saturated rings. The van der Waals surface area contributed by atoms with E-state index in [-0.39, 0.29) is 24.8 Å². The molecule has 7 heteroatoms. The van der Waals surface area contributed by atoms with Gasteiger partial charge in [-0.1, -0.05) is 18.2 Å². The van der Waals surface area contributed by atoms with Gasteiger partial charge < -0.3 is 9.88 Å². The zero-order valence-electron chi connectivity index (χ0n) is 16.9. The van der Waals surface area contributed by atoms with Gasteiger partial charge in [-0.15, -0.1) is 0 Å². The Balaban J connectivity index is 1.62. The summed E-state index contributed by atoms with van der Waals surface area (Å²) in [4.78, 5) is 21.8. The lowest BCUT2D eigenvalue weighted by molar-refractivity contribution is -0.0232. The first-order chi connectivity index (χ1) is 14.2. The molecule has 1 amide bonds. The van der Waals surface area contributed by atoms with Gasteiger partial charge in [-0.05, 0) is 55.7 Å². The molecule has 1 aliphatic rings. The van der Waals surface area contributed by atoms with E-state index in [4.69, 9.17) is 5.26 Å². The van der Waals surface area contributed by atoms with Crippen molar-refractivity contribution in [3.05, 3.63) is 76.0 Å². The summed E-state index contributed by atoms with van der Waals surface area (Å²) in [5, 5.41) is 9.09. The molecule has 0 spiro atoms. The smallest absolute Gasteiger partial charge is 0.254 e. The molecule has 1 saturated heterocycles. The van der Waals surface area contributed by atoms with Crippen LogP contribution in [-0.2, 0) is 5.67 Å². The van der Waals surface area contributed by atoms with Crippen LogP contribution in [0, 0.1) is 37.9 Å². The molecule has 3 aromatic rings. The Morgan fingerprint density at radius 2 is 1.83 bits per heavy atom. The molecule has 2 aromatic carbocycles. The SMILES string of the molecule is Cc1cc(C)c(-c2nc(C#N)[nH]c2C)cc1C(=O)N1CC(F)(c2ccc(F)cc2)C1. The number of nitriles is 1. The average Bonchev–Trinajstić information content (AvgIpc) is 3.06. The van der Waals surface area contributed by atoms with E-state index in [1.807, 2.05) is 32.9 Å². The van der Waals surface area contributed by atoms with E-state index in [0.29, 0.717) is 16.8 Å². The molecule has 4 rings (SSSR count). The largest absolute Gasteiger partial charge is 0.333 e. The number of carbonyl (C=O) groups excluding carboxylic acids is 1. The van der Waals surface area contributed by atoms with Crippen LogP contribution in [0.1, 0.15) is 38.6 Å². The van der Waals surface area contributed by atoms with Gasteiger partial charge in [0.1, 0.15) is 11.9 Å². The maximum atomic E-state index is 15.1. The molecule has 1 aliphatic heterocycles. The number of likely N-dealkylation sites (tertiary alicyclic amines) is 1. The lowest BCUT2D eigenvalue weighted by atomic mass is 9.86. The van der Waals surface area contributed by atoms with Gasteiger partial charge in [-0.3, -0.25) is 4.79 Å². The minimum absolute atomic E-state index is 0.0832. The van der Waals surface area contributed by atoms with Gasteiger partial charge in [0, 0.05) is 16.8 Å². The molecule has 1 N–H and O–H groups in total. The zero-order chi connectivity index (χ0) is 21.6. The van der Waals surface area contributed by atoms with Gasteiger partial charge >= 0.3 is 0 Å². The van der Waals surface area contributed by atoms with Crippen molar-refractivity contribution in [2.24, 2.45) is 0 Å². The van der Waals surface area contributed by atoms with Crippen molar-refractivity contribution >= 4 is 5.91 Å². The molecule has 0 atom stereocenters. The van der Waals surface area contributed by atoms with Crippen molar-refractivity contribution in [1.82, 2.24) is 14.9 Å². The predicted molar refractivity (Wildman–Crippen MR) is 108 cm³/mol. The number of aromatic nitrogens is 2. The lowest BCUT2D eigenvalue weighted by Gasteiger charge is -2.45. The number of aryl methyl sites for hydroxylation is 3. The molecule has 0 saturated carbocycles. The third-order valence-electron chi connectivity index (χ3n) is 5.58. The number of hydrogen-bond donors (Lipinski definition) is 1. The Morgan fingerprint density at radius 1 is 1.17 bits per heavy atom. The van der Waals surface area contributed by atoms with Gasteiger partial charge in [0.2, 0.25) is 5.82 Å². The van der Waals surface area contributed by atoms with Crippen LogP contribution in [-0.4, -0.2) is 33.9 Å². The maximum Gasteiger partial charge on any atom is 0.254 e. The third kappa shape index (κ3) is 3.24. The Morgan fingerprint density at radius 3 is 2.43 bits per heavy atom. The molecule has 30 heavy (non-hydrogen) atoms. The van der Waals surface area contributed by atoms with Crippen molar-refractivity contribution in [3.63, 3.8) is 0 Å². The number of benzene rings is 2. The fourth-order valence-corrected chi connectivity index (χ4v) is 3.92. The number of nitrogens with zero attached hydrogens (tertiary/aromatic N) is 3. The summed E-state index contributed by atoms with van der Waals surface area (Å²) in [5.41, 5.74) is 2.98. The fourth-order valence-electron chi connectivity index (χ4n) is 3.92. The zero-order valence-corrected chi connectivity index (χ0v) is 16.9. The molecule has 0 bridgehead atoms. The summed E-state index contributed by atoms with van der Waals surface area (Å²) in [7, 11) is 0. The molecule has 0 radical (unpaired) electrons. The van der Waals surface area contributed by atoms with Crippen molar-refractivity contribution in [2.75, 3.05) is 13.1 Å². The minimum atomic E-state index is -1.68. The highest BCUT2D eigenvalue weighted by atomic mass is 19.1. The first-order valence-electron chi connectivity index (χ1n) is 9.54. The number of imidazole rings is 1. The number of hydrogen-bond acceptors (Lipinski definition) is 3. The second kappa shape index (κ2) is 7.06. The van der Waals surface area contributed by atoms with Crippen LogP contribution in [0.2, 0.25) is 0 Å². The second-order valence-electron chi connectivity index (χ2n) is 7.79. The maximum absolute atomic E-state index is 15.1. The van der Waals surface area contributed by atoms with Crippen LogP contribution < -0.4 is 0 Å². The van der Waals surface area contributed by atoms with E-state index in [2.05, 4.69) is 9.97 Å². The Labute approximate surface area is 173 Å². The third-order valence-corrected chi connectivity index (χ3v) is 5.58. The van der Waals surface area contributed by atoms with Crippen molar-refractivity contribution in [3.8, 4) is 17.3 Å². The quantitative estimate of drug-likeness (QED) is 0.704. The predicted octanol–water partition coefficient (Wildman–Crippen LogP) is 4.33. The lowest BCUT2D eigenvalue weighted by Crippen LogP contribution is -2.58. The summed E-state index contributed by atoms with van der Waals surface area (Å²) in [5.74, 6) is -0.483. The Kier molecular flexibility index (Phi) is 4.65. The van der Waals surface area contributed by atoms with Crippen LogP contribution in [0.15, 0.2) is 36.4 Å². The number of nitrogens with one attached hydrogen (secondary N) is 1. The highest BCUT2D eigenvalue weighted by Crippen LogP contribution is 2.38. The van der Waals surface area contributed by atoms with E-state index in [0.717, 1.165) is 22.4 Å². The number of amides is 1. The van der Waals surface area contributed by atoms with Crippen molar-refractivity contribution in [1.29, 1.82) is 5.26 Å². The highest BCUT2D eigenvalue weighted by molar-refractivity contribution is 5.98. The van der Waals surface area contributed by atoms with Crippen LogP contribution in [0.5, 0.6) is 0 Å². The molecule has 5 nitrogen and oxygen atoms in total. The molecule has 2 heterocycles. The summed E-state index contributed by atoms with van der Waals surface area (Å²) in [6, 6.07) is 10.9. The van der Waals surface area contributed by atoms with Crippen LogP contribution in [0.3, 0.4) is 0 Å². The summed E-state index contributed by atoms with van der Waals surface area (Å²) in [6.45, 7) is 5.41. The molecule has 0 unspecified atom stereocenters. The number of alkyl halides is 1. The molecule has 1 aromatic heterocycles. The van der Waals surface area contributed by atoms with Gasteiger partial charge in [0.05, 0.1) is 18.8 Å².